The van der Waals surface area contributed by atoms with Crippen molar-refractivity contribution in [3.8, 4) is 0 Å². The molecule has 0 aromatic heterocycles. The Morgan fingerprint density at radius 2 is 2.33 bits per heavy atom. The highest BCUT2D eigenvalue weighted by molar-refractivity contribution is 5.95. The van der Waals surface area contributed by atoms with Gasteiger partial charge in [-0.25, -0.2) is 0 Å². The molecule has 1 fully saturated rings. The first-order chi connectivity index (χ1) is 8.60. The van der Waals surface area contributed by atoms with Gasteiger partial charge in [0.2, 0.25) is 0 Å². The second-order valence-electron chi connectivity index (χ2n) is 4.94. The van der Waals surface area contributed by atoms with E-state index in [-0.39, 0.29) is 5.84 Å². The van der Waals surface area contributed by atoms with E-state index in [4.69, 9.17) is 15.9 Å². The maximum atomic E-state index is 7.43. The average molecular weight is 247 g/mol. The summed E-state index contributed by atoms with van der Waals surface area (Å²) in [6.07, 6.45) is 1.49. The van der Waals surface area contributed by atoms with E-state index in [1.54, 1.807) is 7.11 Å². The number of nitrogen functional groups attached to an aromatic ring is 1. The van der Waals surface area contributed by atoms with Gasteiger partial charge in [-0.1, -0.05) is 12.1 Å². The minimum atomic E-state index is 0.130. The molecule has 2 rings (SSSR count). The van der Waals surface area contributed by atoms with Gasteiger partial charge in [-0.2, -0.15) is 0 Å². The summed E-state index contributed by atoms with van der Waals surface area (Å²) in [7, 11) is 1.78. The van der Waals surface area contributed by atoms with E-state index in [1.165, 1.54) is 11.1 Å². The van der Waals surface area contributed by atoms with Crippen molar-refractivity contribution in [1.82, 2.24) is 4.90 Å². The standard InChI is InChI=1S/C14H21N3O/c1-10-7-11(14(15)16)3-4-12(10)8-17-6-5-13(9-17)18-2/h3-4,7,13H,5-6,8-9H2,1-2H3,(H3,15,16). The minimum Gasteiger partial charge on any atom is -0.384 e. The fraction of sp³-hybridized carbons (Fsp3) is 0.500. The predicted molar refractivity (Wildman–Crippen MR) is 72.9 cm³/mol. The van der Waals surface area contributed by atoms with Crippen LogP contribution in [-0.4, -0.2) is 37.0 Å². The molecule has 1 atom stereocenters. The van der Waals surface area contributed by atoms with Crippen LogP contribution in [0.5, 0.6) is 0 Å². The molecular formula is C14H21N3O. The molecule has 1 unspecified atom stereocenters. The number of nitrogens with zero attached hydrogens (tertiary/aromatic N) is 1. The number of methoxy groups -OCH3 is 1. The van der Waals surface area contributed by atoms with Gasteiger partial charge in [0.25, 0.3) is 0 Å². The summed E-state index contributed by atoms with van der Waals surface area (Å²) >= 11 is 0. The second-order valence-corrected chi connectivity index (χ2v) is 4.94. The Balaban J connectivity index is 2.04. The van der Waals surface area contributed by atoms with Gasteiger partial charge in [0.1, 0.15) is 5.84 Å². The summed E-state index contributed by atoms with van der Waals surface area (Å²) in [5.74, 6) is 0.130. The van der Waals surface area contributed by atoms with Crippen molar-refractivity contribution in [3.63, 3.8) is 0 Å². The fourth-order valence-electron chi connectivity index (χ4n) is 2.41. The Morgan fingerprint density at radius 3 is 2.89 bits per heavy atom. The van der Waals surface area contributed by atoms with Crippen molar-refractivity contribution in [2.45, 2.75) is 26.0 Å². The SMILES string of the molecule is COC1CCN(Cc2ccc(C(=N)N)cc2C)C1. The van der Waals surface area contributed by atoms with Crippen molar-refractivity contribution >= 4 is 5.84 Å². The molecule has 1 aliphatic heterocycles. The molecule has 1 saturated heterocycles. The Morgan fingerprint density at radius 1 is 1.56 bits per heavy atom. The highest BCUT2D eigenvalue weighted by atomic mass is 16.5. The van der Waals surface area contributed by atoms with Crippen LogP contribution in [0.1, 0.15) is 23.1 Å². The highest BCUT2D eigenvalue weighted by Gasteiger charge is 2.22. The number of hydrogen-bond acceptors (Lipinski definition) is 3. The normalized spacial score (nSPS) is 20.2. The smallest absolute Gasteiger partial charge is 0.122 e. The number of nitrogens with two attached hydrogens (primary N) is 1. The van der Waals surface area contributed by atoms with E-state index in [0.717, 1.165) is 31.6 Å². The summed E-state index contributed by atoms with van der Waals surface area (Å²) in [4.78, 5) is 2.41. The quantitative estimate of drug-likeness (QED) is 0.626. The van der Waals surface area contributed by atoms with Crippen LogP contribution in [-0.2, 0) is 11.3 Å². The first-order valence-electron chi connectivity index (χ1n) is 6.29. The largest absolute Gasteiger partial charge is 0.384 e. The van der Waals surface area contributed by atoms with Gasteiger partial charge >= 0.3 is 0 Å². The molecule has 0 aliphatic carbocycles. The van der Waals surface area contributed by atoms with Crippen LogP contribution in [0.25, 0.3) is 0 Å². The molecule has 1 aromatic carbocycles. The van der Waals surface area contributed by atoms with Gasteiger partial charge in [-0.3, -0.25) is 10.3 Å². The number of likely N-dealkylation sites (tertiary alicyclic amines) is 1. The molecule has 4 heteroatoms. The van der Waals surface area contributed by atoms with Gasteiger partial charge < -0.3 is 10.5 Å². The lowest BCUT2D eigenvalue weighted by Gasteiger charge is -2.17. The van der Waals surface area contributed by atoms with Gasteiger partial charge in [-0.15, -0.1) is 0 Å². The Kier molecular flexibility index (Phi) is 3.99. The topological polar surface area (TPSA) is 62.3 Å². The number of nitrogens with one attached hydrogen (secondary N) is 1. The maximum absolute atomic E-state index is 7.43. The lowest BCUT2D eigenvalue weighted by Crippen LogP contribution is -2.23. The van der Waals surface area contributed by atoms with Crippen LogP contribution in [0.15, 0.2) is 18.2 Å². The molecule has 1 aromatic rings. The molecular weight excluding hydrogens is 226 g/mol. The van der Waals surface area contributed by atoms with E-state index in [9.17, 15) is 0 Å². The number of ether oxygens (including phenoxy) is 1. The predicted octanol–water partition coefficient (Wildman–Crippen LogP) is 1.50. The first kappa shape index (κ1) is 13.1. The molecule has 0 bridgehead atoms. The third kappa shape index (κ3) is 2.89. The van der Waals surface area contributed by atoms with Crippen LogP contribution in [0.3, 0.4) is 0 Å². The zero-order chi connectivity index (χ0) is 13.1. The summed E-state index contributed by atoms with van der Waals surface area (Å²) in [5, 5.41) is 7.43. The summed E-state index contributed by atoms with van der Waals surface area (Å²) < 4.78 is 5.37. The van der Waals surface area contributed by atoms with E-state index in [0.29, 0.717) is 6.10 Å². The molecule has 4 nitrogen and oxygen atoms in total. The Hall–Kier alpha value is -1.39. The molecule has 0 amide bonds. The van der Waals surface area contributed by atoms with Gasteiger partial charge in [0, 0.05) is 32.3 Å². The summed E-state index contributed by atoms with van der Waals surface area (Å²) in [5.41, 5.74) is 8.79. The first-order valence-corrected chi connectivity index (χ1v) is 6.29. The third-order valence-electron chi connectivity index (χ3n) is 3.61. The van der Waals surface area contributed by atoms with Crippen LogP contribution in [0.4, 0.5) is 0 Å². The minimum absolute atomic E-state index is 0.130. The van der Waals surface area contributed by atoms with Gasteiger partial charge in [0.05, 0.1) is 6.10 Å². The number of amidine groups is 1. The second kappa shape index (κ2) is 5.50. The van der Waals surface area contributed by atoms with Crippen molar-refractivity contribution in [1.29, 1.82) is 5.41 Å². The molecule has 18 heavy (non-hydrogen) atoms. The molecule has 0 saturated carbocycles. The highest BCUT2D eigenvalue weighted by Crippen LogP contribution is 2.18. The number of aryl methyl sites for hydroxylation is 1. The summed E-state index contributed by atoms with van der Waals surface area (Å²) in [6, 6.07) is 5.99. The van der Waals surface area contributed by atoms with Crippen molar-refractivity contribution in [2.24, 2.45) is 5.73 Å². The van der Waals surface area contributed by atoms with E-state index in [2.05, 4.69) is 17.9 Å². The zero-order valence-corrected chi connectivity index (χ0v) is 11.1. The summed E-state index contributed by atoms with van der Waals surface area (Å²) in [6.45, 7) is 5.12. The van der Waals surface area contributed by atoms with E-state index >= 15 is 0 Å². The van der Waals surface area contributed by atoms with Crippen LogP contribution in [0, 0.1) is 12.3 Å². The lowest BCUT2D eigenvalue weighted by molar-refractivity contribution is 0.107. The number of rotatable bonds is 4. The monoisotopic (exact) mass is 247 g/mol. The third-order valence-corrected chi connectivity index (χ3v) is 3.61. The van der Waals surface area contributed by atoms with Crippen LogP contribution >= 0.6 is 0 Å². The van der Waals surface area contributed by atoms with Crippen molar-refractivity contribution in [3.05, 3.63) is 34.9 Å². The van der Waals surface area contributed by atoms with Crippen molar-refractivity contribution < 1.29 is 4.74 Å². The van der Waals surface area contributed by atoms with Gasteiger partial charge in [0.15, 0.2) is 0 Å². The molecule has 0 spiro atoms. The van der Waals surface area contributed by atoms with Gasteiger partial charge in [-0.05, 0) is 30.5 Å². The Bertz CT molecular complexity index is 445. The molecule has 1 heterocycles. The van der Waals surface area contributed by atoms with Crippen LogP contribution < -0.4 is 5.73 Å². The van der Waals surface area contributed by atoms with E-state index < -0.39 is 0 Å². The average Bonchev–Trinajstić information content (AvgIpc) is 2.79. The fourth-order valence-corrected chi connectivity index (χ4v) is 2.41. The Labute approximate surface area is 108 Å². The lowest BCUT2D eigenvalue weighted by atomic mass is 10.0. The van der Waals surface area contributed by atoms with E-state index in [1.807, 2.05) is 12.1 Å². The molecule has 98 valence electrons. The molecule has 1 aliphatic rings. The van der Waals surface area contributed by atoms with Crippen molar-refractivity contribution in [2.75, 3.05) is 20.2 Å². The maximum Gasteiger partial charge on any atom is 0.122 e. The zero-order valence-electron chi connectivity index (χ0n) is 11.1. The van der Waals surface area contributed by atoms with Crippen LogP contribution in [0.2, 0.25) is 0 Å². The number of hydrogen-bond donors (Lipinski definition) is 2. The molecule has 3 N–H and O–H groups in total. The molecule has 0 radical (unpaired) electrons. The number of benzene rings is 1.